The Morgan fingerprint density at radius 2 is 2.13 bits per heavy atom. The number of benzene rings is 1. The molecular weight excluding hydrogens is 190 g/mol. The lowest BCUT2D eigenvalue weighted by Gasteiger charge is -2.03. The van der Waals surface area contributed by atoms with E-state index in [0.717, 1.165) is 16.9 Å². The van der Waals surface area contributed by atoms with Gasteiger partial charge >= 0.3 is 0 Å². The minimum absolute atomic E-state index is 0.386. The van der Waals surface area contributed by atoms with Crippen LogP contribution >= 0.6 is 0 Å². The van der Waals surface area contributed by atoms with Crippen LogP contribution in [0.15, 0.2) is 24.3 Å². The maximum atomic E-state index is 10.6. The average Bonchev–Trinajstić information content (AvgIpc) is 2.59. The van der Waals surface area contributed by atoms with Crippen LogP contribution in [-0.2, 0) is 0 Å². The number of aldehydes is 1. The molecule has 1 heterocycles. The van der Waals surface area contributed by atoms with Gasteiger partial charge in [0.25, 0.3) is 0 Å². The molecule has 0 spiro atoms. The molecule has 0 bridgehead atoms. The Bertz CT molecular complexity index is 502. The Balaban J connectivity index is 2.54. The maximum absolute atomic E-state index is 10.6. The zero-order valence-corrected chi connectivity index (χ0v) is 8.64. The zero-order valence-electron chi connectivity index (χ0n) is 8.64. The molecule has 4 nitrogen and oxygen atoms in total. The highest BCUT2D eigenvalue weighted by Gasteiger charge is 2.08. The van der Waals surface area contributed by atoms with Gasteiger partial charge in [0.1, 0.15) is 5.69 Å². The number of carbonyl (C=O) groups excluding carboxylic acids is 1. The fraction of sp³-hybridized carbons (Fsp3) is 0.182. The molecule has 76 valence electrons. The van der Waals surface area contributed by atoms with Gasteiger partial charge in [0.15, 0.2) is 6.29 Å². The summed E-state index contributed by atoms with van der Waals surface area (Å²) in [5, 5.41) is 7.72. The summed E-state index contributed by atoms with van der Waals surface area (Å²) in [6.07, 6.45) is 0.717. The summed E-state index contributed by atoms with van der Waals surface area (Å²) in [4.78, 5) is 10.6. The number of carbonyl (C=O) groups is 1. The molecule has 0 N–H and O–H groups in total. The molecule has 0 fully saturated rings. The van der Waals surface area contributed by atoms with Crippen LogP contribution in [0.1, 0.15) is 21.7 Å². The average molecular weight is 201 g/mol. The fourth-order valence-corrected chi connectivity index (χ4v) is 1.45. The van der Waals surface area contributed by atoms with E-state index in [0.29, 0.717) is 12.0 Å². The molecule has 0 amide bonds. The number of nitrogens with zero attached hydrogens (tertiary/aromatic N) is 3. The molecule has 0 radical (unpaired) electrons. The van der Waals surface area contributed by atoms with Crippen molar-refractivity contribution in [2.24, 2.45) is 0 Å². The molecule has 4 heteroatoms. The van der Waals surface area contributed by atoms with Crippen molar-refractivity contribution in [3.63, 3.8) is 0 Å². The van der Waals surface area contributed by atoms with Crippen LogP contribution in [0.5, 0.6) is 0 Å². The van der Waals surface area contributed by atoms with Crippen LogP contribution < -0.4 is 0 Å². The van der Waals surface area contributed by atoms with Gasteiger partial charge in [0.2, 0.25) is 0 Å². The summed E-state index contributed by atoms with van der Waals surface area (Å²) in [5.41, 5.74) is 3.22. The van der Waals surface area contributed by atoms with Crippen LogP contribution in [0.4, 0.5) is 0 Å². The Morgan fingerprint density at radius 1 is 1.33 bits per heavy atom. The van der Waals surface area contributed by atoms with Gasteiger partial charge in [0.05, 0.1) is 11.4 Å². The van der Waals surface area contributed by atoms with E-state index < -0.39 is 0 Å². The van der Waals surface area contributed by atoms with E-state index >= 15 is 0 Å². The van der Waals surface area contributed by atoms with Gasteiger partial charge in [-0.2, -0.15) is 0 Å². The largest absolute Gasteiger partial charge is 0.296 e. The monoisotopic (exact) mass is 201 g/mol. The number of rotatable bonds is 2. The molecule has 15 heavy (non-hydrogen) atoms. The van der Waals surface area contributed by atoms with Crippen molar-refractivity contribution >= 4 is 6.29 Å². The number of hydrogen-bond acceptors (Lipinski definition) is 3. The highest BCUT2D eigenvalue weighted by molar-refractivity contribution is 5.73. The standard InChI is InChI=1S/C11H11N3O/c1-8-4-3-5-10(6-8)14-9(2)11(7-15)12-13-14/h3-7H,1-2H3. The summed E-state index contributed by atoms with van der Waals surface area (Å²) in [6.45, 7) is 3.84. The molecule has 2 rings (SSSR count). The normalized spacial score (nSPS) is 10.3. The molecule has 1 aromatic heterocycles. The molecule has 1 aromatic carbocycles. The minimum Gasteiger partial charge on any atom is -0.296 e. The second kappa shape index (κ2) is 3.65. The van der Waals surface area contributed by atoms with Crippen molar-refractivity contribution in [3.05, 3.63) is 41.2 Å². The Hall–Kier alpha value is -1.97. The highest BCUT2D eigenvalue weighted by Crippen LogP contribution is 2.12. The van der Waals surface area contributed by atoms with E-state index in [2.05, 4.69) is 10.3 Å². The zero-order chi connectivity index (χ0) is 10.8. The SMILES string of the molecule is Cc1cccc(-n2nnc(C=O)c2C)c1. The molecule has 0 aliphatic carbocycles. The Labute approximate surface area is 87.5 Å². The third-order valence-electron chi connectivity index (χ3n) is 2.29. The summed E-state index contributed by atoms with van der Waals surface area (Å²) in [5.74, 6) is 0. The van der Waals surface area contributed by atoms with Crippen molar-refractivity contribution in [1.29, 1.82) is 0 Å². The predicted molar refractivity (Wildman–Crippen MR) is 56.2 cm³/mol. The fourth-order valence-electron chi connectivity index (χ4n) is 1.45. The van der Waals surface area contributed by atoms with Crippen molar-refractivity contribution in [2.75, 3.05) is 0 Å². The van der Waals surface area contributed by atoms with Gasteiger partial charge in [-0.1, -0.05) is 17.3 Å². The first-order chi connectivity index (χ1) is 7.22. The first-order valence-corrected chi connectivity index (χ1v) is 4.67. The highest BCUT2D eigenvalue weighted by atomic mass is 16.1. The first-order valence-electron chi connectivity index (χ1n) is 4.67. The molecule has 0 aliphatic rings. The smallest absolute Gasteiger partial charge is 0.172 e. The number of hydrogen-bond donors (Lipinski definition) is 0. The molecule has 0 aliphatic heterocycles. The second-order valence-electron chi connectivity index (χ2n) is 3.43. The van der Waals surface area contributed by atoms with Gasteiger partial charge < -0.3 is 0 Å². The molecule has 0 atom stereocenters. The van der Waals surface area contributed by atoms with E-state index in [1.807, 2.05) is 38.1 Å². The third kappa shape index (κ3) is 1.66. The Kier molecular flexibility index (Phi) is 2.33. The molecule has 2 aromatic rings. The number of aromatic nitrogens is 3. The summed E-state index contributed by atoms with van der Waals surface area (Å²) in [6, 6.07) is 7.89. The Morgan fingerprint density at radius 3 is 2.73 bits per heavy atom. The summed E-state index contributed by atoms with van der Waals surface area (Å²) in [7, 11) is 0. The van der Waals surface area contributed by atoms with Gasteiger partial charge in [-0.15, -0.1) is 5.10 Å². The topological polar surface area (TPSA) is 47.8 Å². The molecule has 0 saturated carbocycles. The van der Waals surface area contributed by atoms with E-state index in [-0.39, 0.29) is 0 Å². The molecule has 0 saturated heterocycles. The summed E-state index contributed by atoms with van der Waals surface area (Å²) < 4.78 is 1.66. The van der Waals surface area contributed by atoms with Crippen molar-refractivity contribution in [1.82, 2.24) is 15.0 Å². The van der Waals surface area contributed by atoms with Crippen LogP contribution in [0, 0.1) is 13.8 Å². The van der Waals surface area contributed by atoms with Gasteiger partial charge in [0, 0.05) is 0 Å². The number of aryl methyl sites for hydroxylation is 1. The quantitative estimate of drug-likeness (QED) is 0.695. The van der Waals surface area contributed by atoms with Crippen LogP contribution in [0.2, 0.25) is 0 Å². The van der Waals surface area contributed by atoms with Crippen molar-refractivity contribution in [3.8, 4) is 5.69 Å². The van der Waals surface area contributed by atoms with E-state index in [4.69, 9.17) is 0 Å². The lowest BCUT2D eigenvalue weighted by molar-refractivity contribution is 0.111. The van der Waals surface area contributed by atoms with Crippen LogP contribution in [0.25, 0.3) is 5.69 Å². The van der Waals surface area contributed by atoms with Crippen molar-refractivity contribution in [2.45, 2.75) is 13.8 Å². The van der Waals surface area contributed by atoms with E-state index in [9.17, 15) is 4.79 Å². The van der Waals surface area contributed by atoms with E-state index in [1.165, 1.54) is 0 Å². The third-order valence-corrected chi connectivity index (χ3v) is 2.29. The van der Waals surface area contributed by atoms with Crippen molar-refractivity contribution < 1.29 is 4.79 Å². The predicted octanol–water partition coefficient (Wildman–Crippen LogP) is 1.70. The second-order valence-corrected chi connectivity index (χ2v) is 3.43. The van der Waals surface area contributed by atoms with Gasteiger partial charge in [-0.05, 0) is 31.5 Å². The lowest BCUT2D eigenvalue weighted by atomic mass is 10.2. The van der Waals surface area contributed by atoms with Crippen LogP contribution in [0.3, 0.4) is 0 Å². The van der Waals surface area contributed by atoms with Gasteiger partial charge in [-0.25, -0.2) is 4.68 Å². The van der Waals surface area contributed by atoms with E-state index in [1.54, 1.807) is 4.68 Å². The maximum Gasteiger partial charge on any atom is 0.172 e. The lowest BCUT2D eigenvalue weighted by Crippen LogP contribution is -1.99. The minimum atomic E-state index is 0.386. The summed E-state index contributed by atoms with van der Waals surface area (Å²) >= 11 is 0. The van der Waals surface area contributed by atoms with Gasteiger partial charge in [-0.3, -0.25) is 4.79 Å². The first kappa shape index (κ1) is 9.58. The molecule has 0 unspecified atom stereocenters. The molecular formula is C11H11N3O. The van der Waals surface area contributed by atoms with Crippen LogP contribution in [-0.4, -0.2) is 21.3 Å².